The van der Waals surface area contributed by atoms with Crippen molar-refractivity contribution in [2.24, 2.45) is 0 Å². The predicted octanol–water partition coefficient (Wildman–Crippen LogP) is 14.4. The van der Waals surface area contributed by atoms with Gasteiger partial charge in [-0.1, -0.05) is 145 Å². The molecule has 0 N–H and O–H groups in total. The highest BCUT2D eigenvalue weighted by Crippen LogP contribution is 2.40. The maximum atomic E-state index is 9.92. The predicted molar refractivity (Wildman–Crippen MR) is 220 cm³/mol. The first kappa shape index (κ1) is 11.6. The largest absolute Gasteiger partial charge is 0.456 e. The molecule has 0 saturated heterocycles. The van der Waals surface area contributed by atoms with E-state index in [4.69, 9.17) is 30.5 Å². The van der Waals surface area contributed by atoms with Gasteiger partial charge in [-0.05, 0) is 109 Å². The Kier molecular flexibility index (Phi) is 2.77. The Bertz CT molecular complexity index is 4560. The molecule has 0 aliphatic heterocycles. The van der Waals surface area contributed by atoms with Crippen molar-refractivity contribution in [1.29, 1.82) is 0 Å². The van der Waals surface area contributed by atoms with E-state index in [1.807, 2.05) is 0 Å². The number of para-hydroxylation sites is 1. The van der Waals surface area contributed by atoms with Crippen LogP contribution in [0.25, 0.3) is 76.9 Å². The Balaban J connectivity index is 1.40. The molecule has 0 bridgehead atoms. The lowest BCUT2D eigenvalue weighted by Gasteiger charge is -2.26. The van der Waals surface area contributed by atoms with E-state index in [0.29, 0.717) is 0 Å². The fraction of sp³-hybridized carbons (Fsp3) is 0. The summed E-state index contributed by atoms with van der Waals surface area (Å²) in [6.45, 7) is 0. The molecule has 0 saturated carbocycles. The highest BCUT2D eigenvalue weighted by Gasteiger charge is 2.16. The van der Waals surface area contributed by atoms with Crippen molar-refractivity contribution < 1.29 is 49.7 Å². The summed E-state index contributed by atoms with van der Waals surface area (Å²) < 4.78 is 303. The first-order valence-corrected chi connectivity index (χ1v) is 15.1. The zero-order chi connectivity index (χ0) is 63.2. The first-order valence-electron chi connectivity index (χ1n) is 31.6. The minimum atomic E-state index is -1.36. The quantitative estimate of drug-likeness (QED) is 0.172. The summed E-state index contributed by atoms with van der Waals surface area (Å²) in [7, 11) is 0. The second kappa shape index (κ2) is 12.5. The molecule has 0 aliphatic carbocycles. The van der Waals surface area contributed by atoms with Crippen molar-refractivity contribution in [1.82, 2.24) is 0 Å². The van der Waals surface area contributed by atoms with Crippen LogP contribution in [-0.2, 0) is 0 Å². The SMILES string of the molecule is [2H]c1c([2H])c(-c2c([2H])c([2H])c3oc4c([2H])c([2H])c([2H])c([2H])c4c3c2[2H])c([2H])c(N(c2c([2H])c([2H])c(-c3c([2H])c([2H])c([2H])c4c([2H])c([2H])c([2H])c([2H])c34)c([2H])c2[2H])c2c([2H])c([2H])c(-c3c([2H])c([2H])c([2H])c4c([2H])c([2H])c([2H])c([2H])c34)c([2H])c2[2H])c1[2H]. The Morgan fingerprint density at radius 1 is 0.327 bits per heavy atom. The summed E-state index contributed by atoms with van der Waals surface area (Å²) in [5.41, 5.74) is -10.5. The molecule has 2 heteroatoms. The van der Waals surface area contributed by atoms with Gasteiger partial charge in [0.25, 0.3) is 0 Å². The summed E-state index contributed by atoms with van der Waals surface area (Å²) in [4.78, 5) is 0.251. The minimum absolute atomic E-state index is 0.251. The molecule has 10 aromatic rings. The molecule has 9 aromatic carbocycles. The fourth-order valence-corrected chi connectivity index (χ4v) is 5.42. The molecule has 0 radical (unpaired) electrons. The minimum Gasteiger partial charge on any atom is -0.456 e. The van der Waals surface area contributed by atoms with Crippen molar-refractivity contribution in [2.75, 3.05) is 4.90 Å². The second-order valence-corrected chi connectivity index (χ2v) is 10.8. The van der Waals surface area contributed by atoms with Crippen LogP contribution in [0.2, 0.25) is 0 Å². The van der Waals surface area contributed by atoms with Crippen molar-refractivity contribution >= 4 is 60.5 Å². The summed E-state index contributed by atoms with van der Waals surface area (Å²) in [6.07, 6.45) is 0. The third-order valence-corrected chi connectivity index (χ3v) is 7.77. The molecular weight excluding hydrogens is 631 g/mol. The maximum Gasteiger partial charge on any atom is 0.135 e. The van der Waals surface area contributed by atoms with Crippen molar-refractivity contribution in [3.8, 4) is 33.4 Å². The lowest BCUT2D eigenvalue weighted by atomic mass is 9.97. The van der Waals surface area contributed by atoms with Gasteiger partial charge in [-0.3, -0.25) is 0 Å². The molecule has 0 spiro atoms. The van der Waals surface area contributed by atoms with Crippen LogP contribution in [0.5, 0.6) is 0 Å². The zero-order valence-corrected chi connectivity index (χ0v) is 25.9. The van der Waals surface area contributed by atoms with Crippen LogP contribution in [0.15, 0.2) is 204 Å². The molecule has 1 aromatic heterocycles. The summed E-state index contributed by atoms with van der Waals surface area (Å²) in [5.74, 6) is 0. The number of hydrogen-bond acceptors (Lipinski definition) is 2. The van der Waals surface area contributed by atoms with E-state index in [2.05, 4.69) is 0 Å². The topological polar surface area (TPSA) is 16.4 Å². The number of nitrogens with zero attached hydrogens (tertiary/aromatic N) is 1. The van der Waals surface area contributed by atoms with Gasteiger partial charge in [-0.2, -0.15) is 0 Å². The van der Waals surface area contributed by atoms with Gasteiger partial charge < -0.3 is 9.32 Å². The van der Waals surface area contributed by atoms with Gasteiger partial charge in [0.05, 0.1) is 45.2 Å². The van der Waals surface area contributed by atoms with Crippen LogP contribution in [-0.4, -0.2) is 0 Å². The van der Waals surface area contributed by atoms with Gasteiger partial charge in [0, 0.05) is 27.8 Å². The summed E-state index contributed by atoms with van der Waals surface area (Å²) in [5, 5.41) is -3.84. The van der Waals surface area contributed by atoms with E-state index >= 15 is 0 Å². The van der Waals surface area contributed by atoms with Crippen LogP contribution in [0, 0.1) is 0 Å². The molecule has 1 heterocycles. The highest BCUT2D eigenvalue weighted by atomic mass is 16.3. The maximum absolute atomic E-state index is 9.92. The number of benzene rings is 9. The van der Waals surface area contributed by atoms with Gasteiger partial charge in [-0.15, -0.1) is 0 Å². The van der Waals surface area contributed by atoms with Crippen LogP contribution in [0.1, 0.15) is 45.2 Å². The Labute approximate surface area is 348 Å². The van der Waals surface area contributed by atoms with Crippen LogP contribution < -0.4 is 4.90 Å². The molecule has 0 aliphatic rings. The zero-order valence-electron chi connectivity index (χ0n) is 58.9. The number of rotatable bonds is 6. The molecule has 0 atom stereocenters. The standard InChI is InChI=1S/C50H33NO/c1-3-16-43-34(10-1)12-8-19-45(43)36-22-27-40(28-23-36)51(41-29-24-37(25-30-41)46-20-9-13-35-11-2-4-17-44(35)46)42-15-7-14-38(32-42)39-26-31-50-48(33-39)47-18-5-6-21-49(47)52-50/h1-33H/i1D,2D,3D,4D,5D,6D,7D,8D,9D,10D,11D,12D,13D,14D,15D,16D,17D,18D,19D,20D,21D,22D,23D,24D,25D,26D,27D,28D,29D,30D,31D,32D,33D. The molecule has 0 fully saturated rings. The fourth-order valence-electron chi connectivity index (χ4n) is 5.42. The first-order chi connectivity index (χ1) is 39.5. The summed E-state index contributed by atoms with van der Waals surface area (Å²) >= 11 is 0. The Morgan fingerprint density at radius 3 is 1.44 bits per heavy atom. The number of anilines is 3. The van der Waals surface area contributed by atoms with Crippen LogP contribution in [0.3, 0.4) is 0 Å². The molecule has 2 nitrogen and oxygen atoms in total. The monoisotopic (exact) mass is 696 g/mol. The van der Waals surface area contributed by atoms with E-state index in [-0.39, 0.29) is 4.90 Å². The Morgan fingerprint density at radius 2 is 0.808 bits per heavy atom. The van der Waals surface area contributed by atoms with Gasteiger partial charge in [-0.25, -0.2) is 0 Å². The lowest BCUT2D eigenvalue weighted by Crippen LogP contribution is -2.10. The lowest BCUT2D eigenvalue weighted by molar-refractivity contribution is 0.669. The third-order valence-electron chi connectivity index (χ3n) is 7.77. The van der Waals surface area contributed by atoms with Crippen molar-refractivity contribution in [3.63, 3.8) is 0 Å². The van der Waals surface area contributed by atoms with Gasteiger partial charge >= 0.3 is 0 Å². The van der Waals surface area contributed by atoms with Gasteiger partial charge in [0.1, 0.15) is 11.2 Å². The number of fused-ring (bicyclic) bond motifs is 5. The van der Waals surface area contributed by atoms with Crippen molar-refractivity contribution in [3.05, 3.63) is 199 Å². The van der Waals surface area contributed by atoms with E-state index in [9.17, 15) is 19.2 Å². The molecule has 244 valence electrons. The van der Waals surface area contributed by atoms with E-state index < -0.39 is 293 Å². The number of furan rings is 1. The summed E-state index contributed by atoms with van der Waals surface area (Å²) in [6, 6.07) is -34.9. The smallest absolute Gasteiger partial charge is 0.135 e. The highest BCUT2D eigenvalue weighted by molar-refractivity contribution is 6.06. The Hall–Kier alpha value is -6.90. The van der Waals surface area contributed by atoms with Crippen LogP contribution >= 0.6 is 0 Å². The van der Waals surface area contributed by atoms with E-state index in [1.54, 1.807) is 0 Å². The molecular formula is C50H33NO. The van der Waals surface area contributed by atoms with Crippen molar-refractivity contribution in [2.45, 2.75) is 0 Å². The number of hydrogen-bond donors (Lipinski definition) is 0. The molecule has 52 heavy (non-hydrogen) atoms. The molecule has 0 amide bonds. The van der Waals surface area contributed by atoms with E-state index in [1.165, 1.54) is 0 Å². The average molecular weight is 697 g/mol. The van der Waals surface area contributed by atoms with Gasteiger partial charge in [0.2, 0.25) is 0 Å². The second-order valence-electron chi connectivity index (χ2n) is 10.8. The molecule has 10 rings (SSSR count). The van der Waals surface area contributed by atoms with Crippen LogP contribution in [0.4, 0.5) is 17.1 Å². The van der Waals surface area contributed by atoms with Gasteiger partial charge in [0.15, 0.2) is 0 Å². The van der Waals surface area contributed by atoms with E-state index in [0.717, 1.165) is 0 Å². The third kappa shape index (κ3) is 5.21. The molecule has 0 unspecified atom stereocenters. The normalized spacial score (nSPS) is 20.3. The average Bonchev–Trinajstić information content (AvgIpc) is 1.60.